The summed E-state index contributed by atoms with van der Waals surface area (Å²) in [6, 6.07) is 2.41. The van der Waals surface area contributed by atoms with Crippen LogP contribution in [0.5, 0.6) is 0 Å². The van der Waals surface area contributed by atoms with E-state index in [4.69, 9.17) is 0 Å². The molecule has 2 rings (SSSR count). The number of alkyl halides is 3. The lowest BCUT2D eigenvalue weighted by molar-refractivity contribution is -0.140. The molecule has 0 unspecified atom stereocenters. The van der Waals surface area contributed by atoms with Crippen molar-refractivity contribution in [2.75, 3.05) is 6.54 Å². The molecule has 1 N–H and O–H groups in total. The van der Waals surface area contributed by atoms with Crippen LogP contribution in [0.3, 0.4) is 0 Å². The summed E-state index contributed by atoms with van der Waals surface area (Å²) in [5, 5.41) is 3.05. The van der Waals surface area contributed by atoms with Gasteiger partial charge in [0, 0.05) is 6.42 Å². The first kappa shape index (κ1) is 15.0. The van der Waals surface area contributed by atoms with Gasteiger partial charge in [-0.15, -0.1) is 0 Å². The maximum absolute atomic E-state index is 13.1. The zero-order valence-electron chi connectivity index (χ0n) is 10.8. The van der Waals surface area contributed by atoms with Gasteiger partial charge in [0.1, 0.15) is 5.82 Å². The van der Waals surface area contributed by atoms with E-state index >= 15 is 0 Å². The Labute approximate surface area is 114 Å². The molecular formula is C14H15F4NO. The van der Waals surface area contributed by atoms with Crippen LogP contribution >= 0.6 is 0 Å². The monoisotopic (exact) mass is 289 g/mol. The zero-order chi connectivity index (χ0) is 14.8. The third kappa shape index (κ3) is 3.56. The van der Waals surface area contributed by atoms with Gasteiger partial charge in [0.2, 0.25) is 0 Å². The van der Waals surface area contributed by atoms with Gasteiger partial charge in [-0.3, -0.25) is 4.79 Å². The van der Waals surface area contributed by atoms with E-state index in [0.717, 1.165) is 31.5 Å². The fourth-order valence-corrected chi connectivity index (χ4v) is 2.35. The average molecular weight is 289 g/mol. The Morgan fingerprint density at radius 1 is 1.30 bits per heavy atom. The molecule has 1 fully saturated rings. The minimum atomic E-state index is -4.74. The number of Topliss-reactive ketones (excluding diaryl/α,β-unsaturated/α-hetero) is 1. The maximum Gasteiger partial charge on any atom is 0.419 e. The molecule has 0 spiro atoms. The van der Waals surface area contributed by atoms with Gasteiger partial charge < -0.3 is 5.32 Å². The summed E-state index contributed by atoms with van der Waals surface area (Å²) in [7, 11) is 0. The third-order valence-electron chi connectivity index (χ3n) is 3.41. The van der Waals surface area contributed by atoms with Crippen LogP contribution in [0, 0.1) is 5.82 Å². The van der Waals surface area contributed by atoms with Crippen molar-refractivity contribution >= 4 is 5.78 Å². The number of rotatable bonds is 3. The van der Waals surface area contributed by atoms with Gasteiger partial charge in [-0.05, 0) is 37.1 Å². The van der Waals surface area contributed by atoms with Crippen molar-refractivity contribution in [3.05, 3.63) is 35.1 Å². The average Bonchev–Trinajstić information content (AvgIpc) is 2.40. The topological polar surface area (TPSA) is 29.1 Å². The number of carbonyl (C=O) groups excluding carboxylic acids is 1. The molecule has 0 amide bonds. The molecular weight excluding hydrogens is 274 g/mol. The van der Waals surface area contributed by atoms with E-state index in [1.807, 2.05) is 0 Å². The van der Waals surface area contributed by atoms with Gasteiger partial charge in [-0.1, -0.05) is 12.5 Å². The molecule has 1 aliphatic rings. The highest BCUT2D eigenvalue weighted by Crippen LogP contribution is 2.32. The SMILES string of the molecule is O=C(Cc1ccc(F)c(C(F)(F)F)c1)[C@@H]1CCCCN1. The molecule has 0 bridgehead atoms. The van der Waals surface area contributed by atoms with Crippen LogP contribution in [0.25, 0.3) is 0 Å². The van der Waals surface area contributed by atoms with Crippen molar-refractivity contribution in [1.82, 2.24) is 5.32 Å². The van der Waals surface area contributed by atoms with E-state index in [1.165, 1.54) is 6.07 Å². The number of ketones is 1. The van der Waals surface area contributed by atoms with Crippen molar-refractivity contribution in [1.29, 1.82) is 0 Å². The van der Waals surface area contributed by atoms with Gasteiger partial charge in [-0.25, -0.2) is 4.39 Å². The first-order valence-electron chi connectivity index (χ1n) is 6.49. The minimum absolute atomic E-state index is 0.110. The highest BCUT2D eigenvalue weighted by Gasteiger charge is 2.34. The summed E-state index contributed by atoms with van der Waals surface area (Å²) >= 11 is 0. The van der Waals surface area contributed by atoms with Gasteiger partial charge in [-0.2, -0.15) is 13.2 Å². The van der Waals surface area contributed by atoms with E-state index in [9.17, 15) is 22.4 Å². The third-order valence-corrected chi connectivity index (χ3v) is 3.41. The van der Waals surface area contributed by atoms with Crippen LogP contribution in [-0.4, -0.2) is 18.4 Å². The van der Waals surface area contributed by atoms with E-state index in [0.29, 0.717) is 6.42 Å². The van der Waals surface area contributed by atoms with Crippen molar-refractivity contribution < 1.29 is 22.4 Å². The quantitative estimate of drug-likeness (QED) is 0.866. The van der Waals surface area contributed by atoms with Gasteiger partial charge >= 0.3 is 6.18 Å². The minimum Gasteiger partial charge on any atom is -0.307 e. The fourth-order valence-electron chi connectivity index (χ4n) is 2.35. The molecule has 1 heterocycles. The highest BCUT2D eigenvalue weighted by molar-refractivity contribution is 5.86. The Bertz CT molecular complexity index is 492. The van der Waals surface area contributed by atoms with Crippen LogP contribution in [-0.2, 0) is 17.4 Å². The second kappa shape index (κ2) is 5.91. The van der Waals surface area contributed by atoms with Crippen LogP contribution < -0.4 is 5.32 Å². The molecule has 1 saturated heterocycles. The molecule has 6 heteroatoms. The van der Waals surface area contributed by atoms with Crippen molar-refractivity contribution in [3.63, 3.8) is 0 Å². The molecule has 1 aromatic carbocycles. The van der Waals surface area contributed by atoms with Crippen LogP contribution in [0.4, 0.5) is 17.6 Å². The van der Waals surface area contributed by atoms with Gasteiger partial charge in [0.25, 0.3) is 0 Å². The zero-order valence-corrected chi connectivity index (χ0v) is 10.8. The number of carbonyl (C=O) groups is 1. The number of nitrogens with one attached hydrogen (secondary N) is 1. The first-order valence-corrected chi connectivity index (χ1v) is 6.49. The molecule has 0 aliphatic carbocycles. The normalized spacial score (nSPS) is 19.9. The maximum atomic E-state index is 13.1. The number of hydrogen-bond donors (Lipinski definition) is 1. The molecule has 0 aromatic heterocycles. The second-order valence-corrected chi connectivity index (χ2v) is 4.96. The molecule has 110 valence electrons. The van der Waals surface area contributed by atoms with Crippen molar-refractivity contribution in [2.45, 2.75) is 37.9 Å². The van der Waals surface area contributed by atoms with Gasteiger partial charge in [0.05, 0.1) is 11.6 Å². The predicted molar refractivity (Wildman–Crippen MR) is 65.8 cm³/mol. The molecule has 1 aromatic rings. The predicted octanol–water partition coefficient (Wildman–Crippen LogP) is 3.10. The molecule has 1 aliphatic heterocycles. The Kier molecular flexibility index (Phi) is 4.42. The smallest absolute Gasteiger partial charge is 0.307 e. The Morgan fingerprint density at radius 2 is 2.05 bits per heavy atom. The lowest BCUT2D eigenvalue weighted by atomic mass is 9.96. The lowest BCUT2D eigenvalue weighted by Crippen LogP contribution is -2.41. The summed E-state index contributed by atoms with van der Waals surface area (Å²) in [6.07, 6.45) is -2.22. The Morgan fingerprint density at radius 3 is 2.65 bits per heavy atom. The Hall–Kier alpha value is -1.43. The van der Waals surface area contributed by atoms with E-state index in [1.54, 1.807) is 0 Å². The number of halogens is 4. The summed E-state index contributed by atoms with van der Waals surface area (Å²) in [6.45, 7) is 0.744. The lowest BCUT2D eigenvalue weighted by Gasteiger charge is -2.22. The summed E-state index contributed by atoms with van der Waals surface area (Å²) in [4.78, 5) is 12.0. The number of hydrogen-bond acceptors (Lipinski definition) is 2. The second-order valence-electron chi connectivity index (χ2n) is 4.96. The van der Waals surface area contributed by atoms with Crippen molar-refractivity contribution in [3.8, 4) is 0 Å². The molecule has 1 atom stereocenters. The highest BCUT2D eigenvalue weighted by atomic mass is 19.4. The van der Waals surface area contributed by atoms with E-state index in [-0.39, 0.29) is 23.8 Å². The molecule has 0 radical (unpaired) electrons. The molecule has 2 nitrogen and oxygen atoms in total. The summed E-state index contributed by atoms with van der Waals surface area (Å²) in [5.41, 5.74) is -1.13. The standard InChI is InChI=1S/C14H15F4NO/c15-11-5-4-9(7-10(11)14(16,17)18)8-13(20)12-3-1-2-6-19-12/h4-5,7,12,19H,1-3,6,8H2/t12-/m0/s1. The summed E-state index contributed by atoms with van der Waals surface area (Å²) < 4.78 is 50.9. The van der Waals surface area contributed by atoms with E-state index < -0.39 is 17.6 Å². The van der Waals surface area contributed by atoms with Crippen LogP contribution in [0.2, 0.25) is 0 Å². The largest absolute Gasteiger partial charge is 0.419 e. The Balaban J connectivity index is 2.11. The molecule has 0 saturated carbocycles. The number of piperidine rings is 1. The van der Waals surface area contributed by atoms with E-state index in [2.05, 4.69) is 5.32 Å². The summed E-state index contributed by atoms with van der Waals surface area (Å²) in [5.74, 6) is -1.46. The number of benzene rings is 1. The van der Waals surface area contributed by atoms with Crippen LogP contribution in [0.15, 0.2) is 18.2 Å². The molecule has 20 heavy (non-hydrogen) atoms. The van der Waals surface area contributed by atoms with Crippen molar-refractivity contribution in [2.24, 2.45) is 0 Å². The fraction of sp³-hybridized carbons (Fsp3) is 0.500. The first-order chi connectivity index (χ1) is 9.38. The van der Waals surface area contributed by atoms with Gasteiger partial charge in [0.15, 0.2) is 5.78 Å². The van der Waals surface area contributed by atoms with Crippen LogP contribution in [0.1, 0.15) is 30.4 Å².